The number of pyridine rings is 1. The fourth-order valence-electron chi connectivity index (χ4n) is 4.18. The number of ether oxygens (including phenoxy) is 4. The number of sulfonamides is 1. The first-order chi connectivity index (χ1) is 16.4. The molecule has 0 bridgehead atoms. The Morgan fingerprint density at radius 2 is 1.79 bits per heavy atom. The van der Waals surface area contributed by atoms with Crippen LogP contribution in [0.4, 0.5) is 10.5 Å². The molecule has 0 spiro atoms. The molecule has 0 radical (unpaired) electrons. The van der Waals surface area contributed by atoms with Crippen molar-refractivity contribution in [1.29, 1.82) is 0 Å². The monoisotopic (exact) mass is 485 g/mol. The molecule has 178 valence electrons. The Kier molecular flexibility index (Phi) is 6.09. The maximum absolute atomic E-state index is 13.1. The molecule has 0 unspecified atom stereocenters. The van der Waals surface area contributed by atoms with Crippen LogP contribution in [-0.4, -0.2) is 64.2 Å². The van der Waals surface area contributed by atoms with Crippen LogP contribution < -0.4 is 14.8 Å². The third-order valence-corrected chi connectivity index (χ3v) is 7.32. The fraction of sp³-hybridized carbons (Fsp3) is 0.304. The predicted molar refractivity (Wildman–Crippen MR) is 122 cm³/mol. The highest BCUT2D eigenvalue weighted by atomic mass is 32.2. The van der Waals surface area contributed by atoms with Crippen LogP contribution in [0.3, 0.4) is 0 Å². The SMILES string of the molecule is COc1ccc(NC(=O)O[C@@H]2CO[C@H]3[C@@H]2OC[C@@H]3NS(=O)(=O)c2cccc3cccnc23)cc1. The number of benzene rings is 2. The quantitative estimate of drug-likeness (QED) is 0.545. The summed E-state index contributed by atoms with van der Waals surface area (Å²) in [5.74, 6) is 0.665. The number of aromatic nitrogens is 1. The summed E-state index contributed by atoms with van der Waals surface area (Å²) in [7, 11) is -2.34. The van der Waals surface area contributed by atoms with Crippen molar-refractivity contribution < 1.29 is 32.2 Å². The molecule has 34 heavy (non-hydrogen) atoms. The predicted octanol–water partition coefficient (Wildman–Crippen LogP) is 2.31. The lowest BCUT2D eigenvalue weighted by Crippen LogP contribution is -2.44. The van der Waals surface area contributed by atoms with Gasteiger partial charge in [0.15, 0.2) is 6.10 Å². The number of amides is 1. The molecular weight excluding hydrogens is 462 g/mol. The van der Waals surface area contributed by atoms with Crippen LogP contribution in [0.15, 0.2) is 65.7 Å². The summed E-state index contributed by atoms with van der Waals surface area (Å²) in [5, 5.41) is 3.36. The van der Waals surface area contributed by atoms with Gasteiger partial charge in [0.25, 0.3) is 0 Å². The minimum atomic E-state index is -3.90. The molecule has 5 rings (SSSR count). The summed E-state index contributed by atoms with van der Waals surface area (Å²) in [5.41, 5.74) is 0.930. The molecule has 1 aromatic heterocycles. The maximum Gasteiger partial charge on any atom is 0.412 e. The molecular formula is C23H23N3O7S. The first kappa shape index (κ1) is 22.5. The van der Waals surface area contributed by atoms with Crippen LogP contribution >= 0.6 is 0 Å². The number of fused-ring (bicyclic) bond motifs is 2. The van der Waals surface area contributed by atoms with Crippen molar-refractivity contribution in [3.8, 4) is 5.75 Å². The van der Waals surface area contributed by atoms with Gasteiger partial charge in [-0.15, -0.1) is 0 Å². The number of nitrogens with one attached hydrogen (secondary N) is 2. The van der Waals surface area contributed by atoms with E-state index in [2.05, 4.69) is 15.0 Å². The van der Waals surface area contributed by atoms with Crippen molar-refractivity contribution in [2.24, 2.45) is 0 Å². The number of carbonyl (C=O) groups is 1. The summed E-state index contributed by atoms with van der Waals surface area (Å²) < 4.78 is 51.0. The van der Waals surface area contributed by atoms with Crippen molar-refractivity contribution in [2.75, 3.05) is 25.6 Å². The number of para-hydroxylation sites is 1. The van der Waals surface area contributed by atoms with Crippen LogP contribution in [0.2, 0.25) is 0 Å². The van der Waals surface area contributed by atoms with Crippen LogP contribution in [0.1, 0.15) is 0 Å². The van der Waals surface area contributed by atoms with E-state index in [1.807, 2.05) is 0 Å². The van der Waals surface area contributed by atoms with Crippen LogP contribution in [0.25, 0.3) is 10.9 Å². The Bertz CT molecular complexity index is 1290. The molecule has 2 aromatic carbocycles. The third kappa shape index (κ3) is 4.42. The highest BCUT2D eigenvalue weighted by molar-refractivity contribution is 7.89. The Balaban J connectivity index is 1.23. The van der Waals surface area contributed by atoms with E-state index in [1.54, 1.807) is 61.8 Å². The number of rotatable bonds is 6. The first-order valence-electron chi connectivity index (χ1n) is 10.7. The highest BCUT2D eigenvalue weighted by Gasteiger charge is 2.50. The van der Waals surface area contributed by atoms with Gasteiger partial charge in [0.05, 0.1) is 31.9 Å². The molecule has 3 heterocycles. The number of hydrogen-bond donors (Lipinski definition) is 2. The Labute approximate surface area is 196 Å². The zero-order chi connectivity index (χ0) is 23.7. The van der Waals surface area contributed by atoms with E-state index < -0.39 is 40.5 Å². The highest BCUT2D eigenvalue weighted by Crippen LogP contribution is 2.31. The standard InChI is InChI=1S/C23H23N3O7S/c1-30-16-9-7-15(8-10-16)25-23(27)33-18-13-32-21-17(12-31-22(18)21)26-34(28,29)19-6-2-4-14-5-3-11-24-20(14)19/h2-11,17-18,21-22,26H,12-13H2,1H3,(H,25,27)/t17-,18+,21+,22+/m0/s1. The second-order valence-electron chi connectivity index (χ2n) is 7.95. The van der Waals surface area contributed by atoms with Gasteiger partial charge in [-0.25, -0.2) is 17.9 Å². The topological polar surface area (TPSA) is 125 Å². The van der Waals surface area contributed by atoms with Crippen molar-refractivity contribution in [3.05, 3.63) is 60.8 Å². The Morgan fingerprint density at radius 1 is 1.03 bits per heavy atom. The zero-order valence-corrected chi connectivity index (χ0v) is 19.0. The molecule has 4 atom stereocenters. The van der Waals surface area contributed by atoms with Gasteiger partial charge in [0.2, 0.25) is 10.0 Å². The summed E-state index contributed by atoms with van der Waals surface area (Å²) in [4.78, 5) is 16.6. The molecule has 0 aliphatic carbocycles. The van der Waals surface area contributed by atoms with E-state index in [1.165, 1.54) is 6.07 Å². The van der Waals surface area contributed by atoms with Crippen molar-refractivity contribution in [3.63, 3.8) is 0 Å². The molecule has 10 nitrogen and oxygen atoms in total. The number of carbonyl (C=O) groups excluding carboxylic acids is 1. The second-order valence-corrected chi connectivity index (χ2v) is 9.63. The Morgan fingerprint density at radius 3 is 2.59 bits per heavy atom. The van der Waals surface area contributed by atoms with Crippen LogP contribution in [0.5, 0.6) is 5.75 Å². The lowest BCUT2D eigenvalue weighted by atomic mass is 10.1. The summed E-state index contributed by atoms with van der Waals surface area (Å²) in [6.45, 7) is 0.187. The average Bonchev–Trinajstić information content (AvgIpc) is 3.42. The minimum absolute atomic E-state index is 0.0821. The van der Waals surface area contributed by atoms with Gasteiger partial charge in [0, 0.05) is 17.3 Å². The van der Waals surface area contributed by atoms with Crippen molar-refractivity contribution in [1.82, 2.24) is 9.71 Å². The van der Waals surface area contributed by atoms with E-state index in [-0.39, 0.29) is 18.1 Å². The van der Waals surface area contributed by atoms with E-state index in [9.17, 15) is 13.2 Å². The van der Waals surface area contributed by atoms with Crippen LogP contribution in [0, 0.1) is 0 Å². The van der Waals surface area contributed by atoms with Gasteiger partial charge in [-0.1, -0.05) is 18.2 Å². The molecule has 2 aliphatic heterocycles. The fourth-order valence-corrected chi connectivity index (χ4v) is 5.59. The summed E-state index contributed by atoms with van der Waals surface area (Å²) in [6.07, 6.45) is -0.947. The number of hydrogen-bond acceptors (Lipinski definition) is 8. The summed E-state index contributed by atoms with van der Waals surface area (Å²) in [6, 6.07) is 14.7. The van der Waals surface area contributed by atoms with Gasteiger partial charge >= 0.3 is 6.09 Å². The minimum Gasteiger partial charge on any atom is -0.497 e. The van der Waals surface area contributed by atoms with Gasteiger partial charge < -0.3 is 18.9 Å². The van der Waals surface area contributed by atoms with Gasteiger partial charge in [-0.05, 0) is 36.4 Å². The normalized spacial score (nSPS) is 24.0. The van der Waals surface area contributed by atoms with Gasteiger partial charge in [-0.2, -0.15) is 0 Å². The van der Waals surface area contributed by atoms with E-state index in [4.69, 9.17) is 18.9 Å². The number of nitrogens with zero attached hydrogens (tertiary/aromatic N) is 1. The lowest BCUT2D eigenvalue weighted by Gasteiger charge is -2.18. The Hall–Kier alpha value is -3.25. The molecule has 2 aliphatic rings. The summed E-state index contributed by atoms with van der Waals surface area (Å²) >= 11 is 0. The van der Waals surface area contributed by atoms with E-state index >= 15 is 0 Å². The molecule has 0 saturated carbocycles. The van der Waals surface area contributed by atoms with Crippen LogP contribution in [-0.2, 0) is 24.2 Å². The molecule has 3 aromatic rings. The van der Waals surface area contributed by atoms with E-state index in [0.717, 1.165) is 5.39 Å². The third-order valence-electron chi connectivity index (χ3n) is 5.79. The smallest absolute Gasteiger partial charge is 0.412 e. The van der Waals surface area contributed by atoms with Crippen molar-refractivity contribution in [2.45, 2.75) is 29.2 Å². The molecule has 2 saturated heterocycles. The van der Waals surface area contributed by atoms with Gasteiger partial charge in [-0.3, -0.25) is 10.3 Å². The maximum atomic E-state index is 13.1. The first-order valence-corrected chi connectivity index (χ1v) is 12.1. The molecule has 2 fully saturated rings. The molecule has 1 amide bonds. The number of anilines is 1. The second kappa shape index (κ2) is 9.18. The lowest BCUT2D eigenvalue weighted by molar-refractivity contribution is 0.00883. The van der Waals surface area contributed by atoms with Gasteiger partial charge in [0.1, 0.15) is 22.9 Å². The zero-order valence-electron chi connectivity index (χ0n) is 18.2. The average molecular weight is 486 g/mol. The molecule has 11 heteroatoms. The van der Waals surface area contributed by atoms with Crippen molar-refractivity contribution >= 4 is 32.7 Å². The number of methoxy groups -OCH3 is 1. The van der Waals surface area contributed by atoms with E-state index in [0.29, 0.717) is 17.0 Å². The molecule has 2 N–H and O–H groups in total. The largest absolute Gasteiger partial charge is 0.497 e.